The highest BCUT2D eigenvalue weighted by molar-refractivity contribution is 7.09. The molecule has 0 aliphatic carbocycles. The standard InChI is InChI=1S/C12H17N5OS/c1-16(8-11-3-2-6-19-11)12(18)9-17-7-10(4-5-13)14-15-17/h2-3,6-7H,4-5,8-9,13H2,1H3. The molecule has 102 valence electrons. The summed E-state index contributed by atoms with van der Waals surface area (Å²) in [6.07, 6.45) is 2.45. The van der Waals surface area contributed by atoms with Crippen LogP contribution in [-0.2, 0) is 24.3 Å². The minimum Gasteiger partial charge on any atom is -0.339 e. The monoisotopic (exact) mass is 279 g/mol. The lowest BCUT2D eigenvalue weighted by Gasteiger charge is -2.15. The predicted octanol–water partition coefficient (Wildman–Crippen LogP) is 0.499. The number of rotatable bonds is 6. The molecule has 0 fully saturated rings. The van der Waals surface area contributed by atoms with E-state index in [0.29, 0.717) is 19.5 Å². The minimum absolute atomic E-state index is 0.0117. The average molecular weight is 279 g/mol. The minimum atomic E-state index is 0.0117. The normalized spacial score (nSPS) is 10.6. The molecule has 2 N–H and O–H groups in total. The second kappa shape index (κ2) is 6.44. The number of hydrogen-bond acceptors (Lipinski definition) is 5. The number of hydrogen-bond donors (Lipinski definition) is 1. The van der Waals surface area contributed by atoms with E-state index in [0.717, 1.165) is 5.69 Å². The topological polar surface area (TPSA) is 77.0 Å². The molecule has 2 aromatic heterocycles. The molecule has 0 atom stereocenters. The van der Waals surface area contributed by atoms with Crippen LogP contribution in [-0.4, -0.2) is 39.4 Å². The summed E-state index contributed by atoms with van der Waals surface area (Å²) in [5.74, 6) is 0.0117. The van der Waals surface area contributed by atoms with E-state index in [1.807, 2.05) is 17.5 Å². The third-order valence-electron chi connectivity index (χ3n) is 2.68. The highest BCUT2D eigenvalue weighted by Crippen LogP contribution is 2.11. The van der Waals surface area contributed by atoms with Crippen molar-refractivity contribution in [2.24, 2.45) is 5.73 Å². The molecule has 0 bridgehead atoms. The van der Waals surface area contributed by atoms with Gasteiger partial charge in [0.25, 0.3) is 0 Å². The van der Waals surface area contributed by atoms with Gasteiger partial charge in [-0.25, -0.2) is 4.68 Å². The molecule has 0 saturated heterocycles. The Labute approximate surface area is 115 Å². The lowest BCUT2D eigenvalue weighted by atomic mass is 10.3. The Morgan fingerprint density at radius 3 is 3.11 bits per heavy atom. The van der Waals surface area contributed by atoms with Crippen LogP contribution < -0.4 is 5.73 Å². The van der Waals surface area contributed by atoms with E-state index in [-0.39, 0.29) is 12.5 Å². The molecule has 0 aliphatic heterocycles. The first kappa shape index (κ1) is 13.7. The van der Waals surface area contributed by atoms with E-state index >= 15 is 0 Å². The van der Waals surface area contributed by atoms with Crippen LogP contribution in [0.25, 0.3) is 0 Å². The molecule has 0 aliphatic rings. The van der Waals surface area contributed by atoms with Gasteiger partial charge in [0, 0.05) is 24.5 Å². The zero-order chi connectivity index (χ0) is 13.7. The summed E-state index contributed by atoms with van der Waals surface area (Å²) in [4.78, 5) is 14.9. The first-order valence-corrected chi connectivity index (χ1v) is 6.92. The summed E-state index contributed by atoms with van der Waals surface area (Å²) >= 11 is 1.64. The van der Waals surface area contributed by atoms with Gasteiger partial charge in [-0.15, -0.1) is 16.4 Å². The van der Waals surface area contributed by atoms with Gasteiger partial charge in [0.15, 0.2) is 0 Å². The van der Waals surface area contributed by atoms with Gasteiger partial charge in [-0.05, 0) is 18.0 Å². The SMILES string of the molecule is CN(Cc1cccs1)C(=O)Cn1cc(CCN)nn1. The number of carbonyl (C=O) groups is 1. The second-order valence-electron chi connectivity index (χ2n) is 4.28. The first-order valence-electron chi connectivity index (χ1n) is 6.04. The number of aromatic nitrogens is 3. The van der Waals surface area contributed by atoms with E-state index in [4.69, 9.17) is 5.73 Å². The molecule has 2 aromatic rings. The molecule has 19 heavy (non-hydrogen) atoms. The van der Waals surface area contributed by atoms with E-state index in [1.54, 1.807) is 34.2 Å². The van der Waals surface area contributed by atoms with Crippen molar-refractivity contribution in [1.82, 2.24) is 19.9 Å². The van der Waals surface area contributed by atoms with Crippen molar-refractivity contribution in [3.63, 3.8) is 0 Å². The van der Waals surface area contributed by atoms with E-state index in [1.165, 1.54) is 4.88 Å². The van der Waals surface area contributed by atoms with Crippen molar-refractivity contribution in [3.8, 4) is 0 Å². The van der Waals surface area contributed by atoms with Gasteiger partial charge in [0.2, 0.25) is 5.91 Å². The number of carbonyl (C=O) groups excluding carboxylic acids is 1. The van der Waals surface area contributed by atoms with Gasteiger partial charge in [0.1, 0.15) is 6.54 Å². The fourth-order valence-electron chi connectivity index (χ4n) is 1.66. The molecule has 6 nitrogen and oxygen atoms in total. The van der Waals surface area contributed by atoms with Crippen LogP contribution in [0.4, 0.5) is 0 Å². The maximum Gasteiger partial charge on any atom is 0.244 e. The van der Waals surface area contributed by atoms with Gasteiger partial charge >= 0.3 is 0 Å². The Bertz CT molecular complexity index is 522. The maximum absolute atomic E-state index is 12.0. The van der Waals surface area contributed by atoms with Crippen molar-refractivity contribution >= 4 is 17.2 Å². The molecule has 7 heteroatoms. The third-order valence-corrected chi connectivity index (χ3v) is 3.54. The van der Waals surface area contributed by atoms with Crippen LogP contribution in [0.15, 0.2) is 23.7 Å². The van der Waals surface area contributed by atoms with E-state index < -0.39 is 0 Å². The van der Waals surface area contributed by atoms with Crippen molar-refractivity contribution in [3.05, 3.63) is 34.3 Å². The first-order chi connectivity index (χ1) is 9.19. The molecule has 0 saturated carbocycles. The van der Waals surface area contributed by atoms with Gasteiger partial charge in [-0.2, -0.15) is 0 Å². The highest BCUT2D eigenvalue weighted by Gasteiger charge is 2.11. The Morgan fingerprint density at radius 2 is 2.42 bits per heavy atom. The summed E-state index contributed by atoms with van der Waals surface area (Å²) in [6, 6.07) is 4.00. The quantitative estimate of drug-likeness (QED) is 0.835. The Hall–Kier alpha value is -1.73. The van der Waals surface area contributed by atoms with Crippen LogP contribution in [0.3, 0.4) is 0 Å². The van der Waals surface area contributed by atoms with Crippen LogP contribution in [0.5, 0.6) is 0 Å². The molecule has 2 rings (SSSR count). The van der Waals surface area contributed by atoms with Crippen molar-refractivity contribution in [2.45, 2.75) is 19.5 Å². The molecule has 0 spiro atoms. The largest absolute Gasteiger partial charge is 0.339 e. The number of nitrogens with zero attached hydrogens (tertiary/aromatic N) is 4. The summed E-state index contributed by atoms with van der Waals surface area (Å²) in [5, 5.41) is 9.88. The van der Waals surface area contributed by atoms with E-state index in [2.05, 4.69) is 10.3 Å². The molecule has 1 amide bonds. The summed E-state index contributed by atoms with van der Waals surface area (Å²) in [5.41, 5.74) is 6.26. The summed E-state index contributed by atoms with van der Waals surface area (Å²) < 4.78 is 1.55. The van der Waals surface area contributed by atoms with Crippen LogP contribution in [0.2, 0.25) is 0 Å². The Balaban J connectivity index is 1.88. The summed E-state index contributed by atoms with van der Waals surface area (Å²) in [6.45, 7) is 1.37. The third kappa shape index (κ3) is 3.87. The molecular formula is C12H17N5OS. The van der Waals surface area contributed by atoms with Crippen LogP contribution in [0.1, 0.15) is 10.6 Å². The highest BCUT2D eigenvalue weighted by atomic mass is 32.1. The molecule has 0 radical (unpaired) electrons. The second-order valence-corrected chi connectivity index (χ2v) is 5.31. The van der Waals surface area contributed by atoms with Gasteiger partial charge in [-0.3, -0.25) is 4.79 Å². The average Bonchev–Trinajstić information content (AvgIpc) is 3.02. The summed E-state index contributed by atoms with van der Waals surface area (Å²) in [7, 11) is 1.79. The van der Waals surface area contributed by atoms with Crippen LogP contribution in [0, 0.1) is 0 Å². The molecule has 2 heterocycles. The number of likely N-dealkylation sites (N-methyl/N-ethyl adjacent to an activating group) is 1. The fraction of sp³-hybridized carbons (Fsp3) is 0.417. The van der Waals surface area contributed by atoms with Gasteiger partial charge < -0.3 is 10.6 Å². The predicted molar refractivity (Wildman–Crippen MR) is 73.6 cm³/mol. The molecule has 0 aromatic carbocycles. The lowest BCUT2D eigenvalue weighted by Crippen LogP contribution is -2.29. The van der Waals surface area contributed by atoms with Crippen molar-refractivity contribution in [2.75, 3.05) is 13.6 Å². The zero-order valence-electron chi connectivity index (χ0n) is 10.8. The van der Waals surface area contributed by atoms with Gasteiger partial charge in [-0.1, -0.05) is 11.3 Å². The molecular weight excluding hydrogens is 262 g/mol. The number of thiophene rings is 1. The molecule has 0 unspecified atom stereocenters. The fourth-order valence-corrected chi connectivity index (χ4v) is 2.42. The van der Waals surface area contributed by atoms with Crippen molar-refractivity contribution in [1.29, 1.82) is 0 Å². The van der Waals surface area contributed by atoms with Crippen LogP contribution >= 0.6 is 11.3 Å². The van der Waals surface area contributed by atoms with E-state index in [9.17, 15) is 4.79 Å². The lowest BCUT2D eigenvalue weighted by molar-refractivity contribution is -0.131. The van der Waals surface area contributed by atoms with Gasteiger partial charge in [0.05, 0.1) is 12.2 Å². The maximum atomic E-state index is 12.0. The zero-order valence-corrected chi connectivity index (χ0v) is 11.6. The number of nitrogens with two attached hydrogens (primary N) is 1. The Kier molecular flexibility index (Phi) is 4.64. The smallest absolute Gasteiger partial charge is 0.244 e. The van der Waals surface area contributed by atoms with Crippen molar-refractivity contribution < 1.29 is 4.79 Å². The number of amides is 1. The Morgan fingerprint density at radius 1 is 1.58 bits per heavy atom.